The highest BCUT2D eigenvalue weighted by atomic mass is 32.2. The third-order valence-corrected chi connectivity index (χ3v) is 4.86. The van der Waals surface area contributed by atoms with Crippen LogP contribution in [0, 0.1) is 0 Å². The average molecular weight is 300 g/mol. The number of nitrogens with zero attached hydrogens (tertiary/aromatic N) is 1. The fraction of sp³-hybridized carbons (Fsp3) is 0.818. The number of nitrogens with one attached hydrogen (secondary N) is 1. The number of hydrogen-bond acceptors (Lipinski definition) is 3. The summed E-state index contributed by atoms with van der Waals surface area (Å²) < 4.78 is 62.1. The van der Waals surface area contributed by atoms with E-state index in [0.717, 1.165) is 16.9 Å². The standard InChI is InChI=1S/C11H19F3N2O2S/c1-2-15-6-3-9-19(17,18)16-7-4-10(5-8-16)11(12,13)14/h4,15H,2-3,5-9H2,1H3. The summed E-state index contributed by atoms with van der Waals surface area (Å²) in [5, 5.41) is 3.01. The maximum Gasteiger partial charge on any atom is 0.412 e. The predicted octanol–water partition coefficient (Wildman–Crippen LogP) is 1.51. The highest BCUT2D eigenvalue weighted by molar-refractivity contribution is 7.89. The van der Waals surface area contributed by atoms with Crippen molar-refractivity contribution < 1.29 is 21.6 Å². The minimum atomic E-state index is -4.35. The van der Waals surface area contributed by atoms with Crippen LogP contribution in [0.3, 0.4) is 0 Å². The third-order valence-electron chi connectivity index (χ3n) is 2.94. The summed E-state index contributed by atoms with van der Waals surface area (Å²) in [7, 11) is -3.45. The van der Waals surface area contributed by atoms with Crippen LogP contribution in [0.2, 0.25) is 0 Å². The van der Waals surface area contributed by atoms with Crippen molar-refractivity contribution >= 4 is 10.0 Å². The first-order valence-electron chi connectivity index (χ1n) is 6.22. The van der Waals surface area contributed by atoms with Gasteiger partial charge in [0.2, 0.25) is 10.0 Å². The van der Waals surface area contributed by atoms with Crippen LogP contribution < -0.4 is 5.32 Å². The van der Waals surface area contributed by atoms with Gasteiger partial charge in [-0.3, -0.25) is 0 Å². The average Bonchev–Trinajstić information content (AvgIpc) is 2.34. The van der Waals surface area contributed by atoms with Gasteiger partial charge in [-0.2, -0.15) is 17.5 Å². The van der Waals surface area contributed by atoms with Crippen molar-refractivity contribution in [2.24, 2.45) is 0 Å². The number of hydrogen-bond donors (Lipinski definition) is 1. The molecular weight excluding hydrogens is 281 g/mol. The zero-order valence-electron chi connectivity index (χ0n) is 10.8. The summed E-state index contributed by atoms with van der Waals surface area (Å²) in [4.78, 5) is 0. The summed E-state index contributed by atoms with van der Waals surface area (Å²) >= 11 is 0. The lowest BCUT2D eigenvalue weighted by Crippen LogP contribution is -2.38. The SMILES string of the molecule is CCNCCCS(=O)(=O)N1CC=C(C(F)(F)F)CC1. The molecule has 19 heavy (non-hydrogen) atoms. The zero-order chi connectivity index (χ0) is 14.5. The molecule has 8 heteroatoms. The van der Waals surface area contributed by atoms with E-state index in [9.17, 15) is 21.6 Å². The van der Waals surface area contributed by atoms with Crippen LogP contribution >= 0.6 is 0 Å². The fourth-order valence-electron chi connectivity index (χ4n) is 1.85. The molecule has 0 amide bonds. The predicted molar refractivity (Wildman–Crippen MR) is 67.3 cm³/mol. The summed E-state index contributed by atoms with van der Waals surface area (Å²) in [5.41, 5.74) is -0.633. The normalized spacial score (nSPS) is 18.4. The van der Waals surface area contributed by atoms with Gasteiger partial charge < -0.3 is 5.32 Å². The number of halogens is 3. The summed E-state index contributed by atoms with van der Waals surface area (Å²) in [6, 6.07) is 0. The second-order valence-electron chi connectivity index (χ2n) is 4.36. The third kappa shape index (κ3) is 5.12. The van der Waals surface area contributed by atoms with E-state index < -0.39 is 21.8 Å². The molecule has 0 spiro atoms. The quantitative estimate of drug-likeness (QED) is 0.597. The Morgan fingerprint density at radius 1 is 1.42 bits per heavy atom. The van der Waals surface area contributed by atoms with E-state index in [1.807, 2.05) is 6.92 Å². The van der Waals surface area contributed by atoms with Gasteiger partial charge in [0.25, 0.3) is 0 Å². The number of rotatable bonds is 6. The Hall–Kier alpha value is -0.600. The van der Waals surface area contributed by atoms with Crippen molar-refractivity contribution in [3.8, 4) is 0 Å². The molecule has 0 aliphatic carbocycles. The van der Waals surface area contributed by atoms with Gasteiger partial charge in [-0.1, -0.05) is 13.0 Å². The molecule has 4 nitrogen and oxygen atoms in total. The Labute approximate surface area is 111 Å². The van der Waals surface area contributed by atoms with E-state index in [0.29, 0.717) is 13.0 Å². The monoisotopic (exact) mass is 300 g/mol. The highest BCUT2D eigenvalue weighted by Gasteiger charge is 2.36. The molecule has 1 aliphatic heterocycles. The summed E-state index contributed by atoms with van der Waals surface area (Å²) in [6.07, 6.45) is -3.19. The van der Waals surface area contributed by atoms with E-state index in [-0.39, 0.29) is 25.3 Å². The minimum Gasteiger partial charge on any atom is -0.317 e. The lowest BCUT2D eigenvalue weighted by atomic mass is 10.1. The largest absolute Gasteiger partial charge is 0.412 e. The number of alkyl halides is 3. The topological polar surface area (TPSA) is 49.4 Å². The van der Waals surface area contributed by atoms with Crippen LogP contribution in [0.4, 0.5) is 13.2 Å². The Kier molecular flexibility index (Phi) is 5.82. The second kappa shape index (κ2) is 6.71. The van der Waals surface area contributed by atoms with E-state index >= 15 is 0 Å². The molecule has 1 heterocycles. The lowest BCUT2D eigenvalue weighted by molar-refractivity contribution is -0.0953. The molecule has 1 N–H and O–H groups in total. The molecule has 112 valence electrons. The van der Waals surface area contributed by atoms with E-state index in [1.54, 1.807) is 0 Å². The smallest absolute Gasteiger partial charge is 0.317 e. The van der Waals surface area contributed by atoms with Gasteiger partial charge >= 0.3 is 6.18 Å². The van der Waals surface area contributed by atoms with Gasteiger partial charge in [-0.05, 0) is 25.9 Å². The van der Waals surface area contributed by atoms with Crippen molar-refractivity contribution in [1.29, 1.82) is 0 Å². The van der Waals surface area contributed by atoms with Crippen LogP contribution in [0.1, 0.15) is 19.8 Å². The molecule has 0 aromatic heterocycles. The molecule has 0 aromatic rings. The molecule has 0 radical (unpaired) electrons. The summed E-state index contributed by atoms with van der Waals surface area (Å²) in [5.74, 6) is -0.0325. The van der Waals surface area contributed by atoms with Crippen molar-refractivity contribution in [3.05, 3.63) is 11.6 Å². The Balaban J connectivity index is 2.52. The van der Waals surface area contributed by atoms with Gasteiger partial charge in [0.05, 0.1) is 5.75 Å². The molecule has 0 unspecified atom stereocenters. The summed E-state index contributed by atoms with van der Waals surface area (Å²) in [6.45, 7) is 3.00. The van der Waals surface area contributed by atoms with Gasteiger partial charge in [-0.25, -0.2) is 8.42 Å². The van der Waals surface area contributed by atoms with Crippen LogP contribution in [0.15, 0.2) is 11.6 Å². The molecule has 0 atom stereocenters. The maximum atomic E-state index is 12.4. The fourth-order valence-corrected chi connectivity index (χ4v) is 3.28. The van der Waals surface area contributed by atoms with Crippen LogP contribution in [-0.2, 0) is 10.0 Å². The molecule has 1 aliphatic rings. The Morgan fingerprint density at radius 2 is 2.11 bits per heavy atom. The first-order chi connectivity index (χ1) is 8.77. The first kappa shape index (κ1) is 16.5. The molecule has 0 fully saturated rings. The Bertz CT molecular complexity index is 418. The maximum absolute atomic E-state index is 12.4. The van der Waals surface area contributed by atoms with E-state index in [1.165, 1.54) is 0 Å². The van der Waals surface area contributed by atoms with Gasteiger partial charge in [-0.15, -0.1) is 0 Å². The number of sulfonamides is 1. The molecule has 0 aromatic carbocycles. The zero-order valence-corrected chi connectivity index (χ0v) is 11.6. The van der Waals surface area contributed by atoms with Crippen molar-refractivity contribution in [3.63, 3.8) is 0 Å². The van der Waals surface area contributed by atoms with Crippen molar-refractivity contribution in [2.45, 2.75) is 25.9 Å². The lowest BCUT2D eigenvalue weighted by Gasteiger charge is -2.26. The van der Waals surface area contributed by atoms with Crippen molar-refractivity contribution in [1.82, 2.24) is 9.62 Å². The van der Waals surface area contributed by atoms with E-state index in [2.05, 4.69) is 5.32 Å². The molecule has 0 saturated heterocycles. The molecular formula is C11H19F3N2O2S. The first-order valence-corrected chi connectivity index (χ1v) is 7.83. The van der Waals surface area contributed by atoms with Crippen molar-refractivity contribution in [2.75, 3.05) is 31.9 Å². The molecule has 0 bridgehead atoms. The van der Waals surface area contributed by atoms with Gasteiger partial charge in [0, 0.05) is 18.7 Å². The van der Waals surface area contributed by atoms with Gasteiger partial charge in [0.1, 0.15) is 0 Å². The second-order valence-corrected chi connectivity index (χ2v) is 6.45. The Morgan fingerprint density at radius 3 is 2.58 bits per heavy atom. The van der Waals surface area contributed by atoms with Crippen LogP contribution in [0.25, 0.3) is 0 Å². The molecule has 1 rings (SSSR count). The van der Waals surface area contributed by atoms with Gasteiger partial charge in [0.15, 0.2) is 0 Å². The van der Waals surface area contributed by atoms with Crippen LogP contribution in [-0.4, -0.2) is 50.8 Å². The highest BCUT2D eigenvalue weighted by Crippen LogP contribution is 2.30. The minimum absolute atomic E-state index is 0.0325. The van der Waals surface area contributed by atoms with Crippen LogP contribution in [0.5, 0.6) is 0 Å². The van der Waals surface area contributed by atoms with E-state index in [4.69, 9.17) is 0 Å². The molecule has 0 saturated carbocycles.